The van der Waals surface area contributed by atoms with Crippen LogP contribution >= 0.6 is 11.3 Å². The van der Waals surface area contributed by atoms with Crippen LogP contribution in [-0.2, 0) is 6.42 Å². The van der Waals surface area contributed by atoms with Gasteiger partial charge in [0.05, 0.1) is 5.69 Å². The molecule has 116 valence electrons. The molecule has 2 heterocycles. The summed E-state index contributed by atoms with van der Waals surface area (Å²) in [6.07, 6.45) is 4.47. The summed E-state index contributed by atoms with van der Waals surface area (Å²) in [7, 11) is 0. The number of nitrogens with zero attached hydrogens (tertiary/aromatic N) is 3. The van der Waals surface area contributed by atoms with Gasteiger partial charge in [0, 0.05) is 32.7 Å². The highest BCUT2D eigenvalue weighted by Gasteiger charge is 2.28. The third kappa shape index (κ3) is 3.55. The molecule has 6 heteroatoms. The summed E-state index contributed by atoms with van der Waals surface area (Å²) in [5.74, 6) is 0.0979. The van der Waals surface area contributed by atoms with Gasteiger partial charge in [-0.1, -0.05) is 24.7 Å². The molecule has 21 heavy (non-hydrogen) atoms. The predicted octanol–water partition coefficient (Wildman–Crippen LogP) is 2.33. The molecule has 0 spiro atoms. The van der Waals surface area contributed by atoms with Crippen LogP contribution in [0.2, 0.25) is 0 Å². The number of thiazole rings is 1. The molecule has 0 bridgehead atoms. The van der Waals surface area contributed by atoms with Crippen LogP contribution in [0.5, 0.6) is 0 Å². The number of hydrogen-bond acceptors (Lipinski definition) is 5. The zero-order chi connectivity index (χ0) is 14.8. The molecular weight excluding hydrogens is 286 g/mol. The van der Waals surface area contributed by atoms with E-state index in [2.05, 4.69) is 21.7 Å². The zero-order valence-corrected chi connectivity index (χ0v) is 13.4. The Hall–Kier alpha value is -1.14. The number of piperazine rings is 1. The van der Waals surface area contributed by atoms with Gasteiger partial charge in [-0.25, -0.2) is 9.78 Å². The van der Waals surface area contributed by atoms with Crippen LogP contribution in [0.25, 0.3) is 0 Å². The van der Waals surface area contributed by atoms with E-state index in [1.54, 1.807) is 0 Å². The second-order valence-corrected chi connectivity index (χ2v) is 7.04. The van der Waals surface area contributed by atoms with Crippen LogP contribution in [0.1, 0.15) is 41.6 Å². The van der Waals surface area contributed by atoms with Crippen molar-refractivity contribution in [1.29, 1.82) is 0 Å². The van der Waals surface area contributed by atoms with Gasteiger partial charge < -0.3 is 10.0 Å². The van der Waals surface area contributed by atoms with Crippen molar-refractivity contribution in [2.45, 2.75) is 32.6 Å². The average molecular weight is 309 g/mol. The summed E-state index contributed by atoms with van der Waals surface area (Å²) in [6.45, 7) is 7.37. The van der Waals surface area contributed by atoms with Crippen LogP contribution in [0.3, 0.4) is 0 Å². The highest BCUT2D eigenvalue weighted by Crippen LogP contribution is 2.31. The van der Waals surface area contributed by atoms with Gasteiger partial charge in [-0.2, -0.15) is 0 Å². The van der Waals surface area contributed by atoms with Crippen molar-refractivity contribution in [1.82, 2.24) is 9.88 Å². The first-order valence-corrected chi connectivity index (χ1v) is 8.69. The highest BCUT2D eigenvalue weighted by molar-refractivity contribution is 7.17. The molecule has 1 aliphatic carbocycles. The monoisotopic (exact) mass is 309 g/mol. The molecule has 1 aromatic rings. The Balaban J connectivity index is 1.63. The fourth-order valence-corrected chi connectivity index (χ4v) is 3.84. The maximum atomic E-state index is 11.3. The molecular formula is C15H23N3O2S. The number of rotatable bonds is 6. The molecule has 0 atom stereocenters. The van der Waals surface area contributed by atoms with Crippen LogP contribution in [0.4, 0.5) is 5.13 Å². The first-order chi connectivity index (χ1) is 10.2. The summed E-state index contributed by atoms with van der Waals surface area (Å²) >= 11 is 1.34. The number of hydrogen-bond donors (Lipinski definition) is 1. The van der Waals surface area contributed by atoms with Crippen LogP contribution < -0.4 is 4.90 Å². The third-order valence-corrected chi connectivity index (χ3v) is 5.37. The Bertz CT molecular complexity index is 505. The summed E-state index contributed by atoms with van der Waals surface area (Å²) in [5, 5.41) is 10.2. The van der Waals surface area contributed by atoms with E-state index in [1.165, 1.54) is 30.7 Å². The van der Waals surface area contributed by atoms with Gasteiger partial charge in [0.2, 0.25) is 0 Å². The molecule has 2 fully saturated rings. The fourth-order valence-electron chi connectivity index (χ4n) is 2.84. The highest BCUT2D eigenvalue weighted by atomic mass is 32.1. The second-order valence-electron chi connectivity index (χ2n) is 6.06. The number of carboxylic acid groups (broad SMARTS) is 1. The van der Waals surface area contributed by atoms with E-state index >= 15 is 0 Å². The summed E-state index contributed by atoms with van der Waals surface area (Å²) < 4.78 is 0. The Labute approximate surface area is 129 Å². The molecule has 1 saturated carbocycles. The van der Waals surface area contributed by atoms with E-state index < -0.39 is 5.97 Å². The van der Waals surface area contributed by atoms with Crippen molar-refractivity contribution in [3.63, 3.8) is 0 Å². The SMILES string of the molecule is CCCc1nc(N2CCN(CC3CC3)CC2)sc1C(=O)O. The van der Waals surface area contributed by atoms with Crippen molar-refractivity contribution in [3.8, 4) is 0 Å². The molecule has 0 unspecified atom stereocenters. The molecule has 2 aliphatic rings. The molecule has 0 aromatic carbocycles. The maximum absolute atomic E-state index is 11.3. The quantitative estimate of drug-likeness (QED) is 0.874. The minimum atomic E-state index is -0.838. The second kappa shape index (κ2) is 6.32. The van der Waals surface area contributed by atoms with Gasteiger partial charge in [0.25, 0.3) is 0 Å². The number of aromatic carboxylic acids is 1. The predicted molar refractivity (Wildman–Crippen MR) is 84.4 cm³/mol. The minimum Gasteiger partial charge on any atom is -0.477 e. The Morgan fingerprint density at radius 1 is 1.33 bits per heavy atom. The number of carboxylic acids is 1. The van der Waals surface area contributed by atoms with Crippen LogP contribution in [-0.4, -0.2) is 53.7 Å². The van der Waals surface area contributed by atoms with Gasteiger partial charge in [0.1, 0.15) is 4.88 Å². The van der Waals surface area contributed by atoms with Crippen molar-refractivity contribution >= 4 is 22.4 Å². The normalized spacial score (nSPS) is 20.0. The topological polar surface area (TPSA) is 56.7 Å². The number of aromatic nitrogens is 1. The Morgan fingerprint density at radius 3 is 2.62 bits per heavy atom. The summed E-state index contributed by atoms with van der Waals surface area (Å²) in [4.78, 5) is 21.1. The van der Waals surface area contributed by atoms with Gasteiger partial charge >= 0.3 is 5.97 Å². The Kier molecular flexibility index (Phi) is 4.45. The average Bonchev–Trinajstić information content (AvgIpc) is 3.17. The lowest BCUT2D eigenvalue weighted by Crippen LogP contribution is -2.47. The van der Waals surface area contributed by atoms with E-state index in [0.29, 0.717) is 4.88 Å². The molecule has 5 nitrogen and oxygen atoms in total. The molecule has 1 aromatic heterocycles. The first-order valence-electron chi connectivity index (χ1n) is 7.87. The largest absolute Gasteiger partial charge is 0.477 e. The van der Waals surface area contributed by atoms with E-state index in [-0.39, 0.29) is 0 Å². The molecule has 3 rings (SSSR count). The lowest BCUT2D eigenvalue weighted by Gasteiger charge is -2.34. The maximum Gasteiger partial charge on any atom is 0.347 e. The fraction of sp³-hybridized carbons (Fsp3) is 0.733. The molecule has 0 radical (unpaired) electrons. The van der Waals surface area contributed by atoms with Gasteiger partial charge in [0.15, 0.2) is 5.13 Å². The van der Waals surface area contributed by atoms with Crippen LogP contribution in [0.15, 0.2) is 0 Å². The van der Waals surface area contributed by atoms with E-state index in [4.69, 9.17) is 0 Å². The lowest BCUT2D eigenvalue weighted by atomic mass is 10.2. The van der Waals surface area contributed by atoms with Crippen molar-refractivity contribution in [2.75, 3.05) is 37.6 Å². The van der Waals surface area contributed by atoms with Gasteiger partial charge in [-0.15, -0.1) is 0 Å². The molecule has 1 saturated heterocycles. The zero-order valence-electron chi connectivity index (χ0n) is 12.5. The lowest BCUT2D eigenvalue weighted by molar-refractivity contribution is 0.0700. The number of anilines is 1. The summed E-state index contributed by atoms with van der Waals surface area (Å²) in [5.41, 5.74) is 0.755. The number of aryl methyl sites for hydroxylation is 1. The van der Waals surface area contributed by atoms with Crippen molar-refractivity contribution in [2.24, 2.45) is 5.92 Å². The van der Waals surface area contributed by atoms with Gasteiger partial charge in [-0.05, 0) is 25.2 Å². The van der Waals surface area contributed by atoms with Crippen molar-refractivity contribution < 1.29 is 9.90 Å². The standard InChI is InChI=1S/C15H23N3O2S/c1-2-3-12-13(14(19)20)21-15(16-12)18-8-6-17(7-9-18)10-11-4-5-11/h11H,2-10H2,1H3,(H,19,20). The first kappa shape index (κ1) is 14.8. The number of carbonyl (C=O) groups is 1. The third-order valence-electron chi connectivity index (χ3n) is 4.22. The molecule has 1 N–H and O–H groups in total. The molecule has 0 amide bonds. The van der Waals surface area contributed by atoms with Crippen LogP contribution in [0, 0.1) is 5.92 Å². The van der Waals surface area contributed by atoms with E-state index in [9.17, 15) is 9.90 Å². The summed E-state index contributed by atoms with van der Waals surface area (Å²) in [6, 6.07) is 0. The minimum absolute atomic E-state index is 0.423. The van der Waals surface area contributed by atoms with E-state index in [1.807, 2.05) is 0 Å². The van der Waals surface area contributed by atoms with E-state index in [0.717, 1.165) is 55.8 Å². The Morgan fingerprint density at radius 2 is 2.05 bits per heavy atom. The smallest absolute Gasteiger partial charge is 0.347 e. The van der Waals surface area contributed by atoms with Crippen molar-refractivity contribution in [3.05, 3.63) is 10.6 Å². The van der Waals surface area contributed by atoms with Gasteiger partial charge in [-0.3, -0.25) is 4.90 Å². The molecule has 1 aliphatic heterocycles.